The van der Waals surface area contributed by atoms with E-state index >= 15 is 0 Å². The van der Waals surface area contributed by atoms with Gasteiger partial charge in [-0.05, 0) is 37.1 Å². The highest BCUT2D eigenvalue weighted by Crippen LogP contribution is 2.26. The number of ketones is 1. The Balaban J connectivity index is 2.15. The first kappa shape index (κ1) is 19.6. The van der Waals surface area contributed by atoms with Crippen LogP contribution in [0.3, 0.4) is 0 Å². The first-order valence-electron chi connectivity index (χ1n) is 8.23. The number of carbonyl (C=O) groups excluding carboxylic acids is 3. The van der Waals surface area contributed by atoms with Gasteiger partial charge in [0.15, 0.2) is 11.9 Å². The summed E-state index contributed by atoms with van der Waals surface area (Å²) in [7, 11) is 0. The minimum atomic E-state index is -1.11. The van der Waals surface area contributed by atoms with Gasteiger partial charge in [-0.25, -0.2) is 4.79 Å². The summed E-state index contributed by atoms with van der Waals surface area (Å²) in [4.78, 5) is 37.2. The average Bonchev–Trinajstić information content (AvgIpc) is 3.11. The minimum Gasteiger partial charge on any atom is -0.449 e. The third-order valence-corrected chi connectivity index (χ3v) is 5.02. The van der Waals surface area contributed by atoms with Crippen LogP contribution in [0.4, 0.5) is 0 Å². The van der Waals surface area contributed by atoms with Crippen molar-refractivity contribution in [2.75, 3.05) is 6.61 Å². The van der Waals surface area contributed by atoms with Crippen LogP contribution in [0.1, 0.15) is 51.4 Å². The van der Waals surface area contributed by atoms with E-state index in [2.05, 4.69) is 5.32 Å². The molecule has 6 nitrogen and oxygen atoms in total. The van der Waals surface area contributed by atoms with E-state index in [1.807, 2.05) is 20.8 Å². The standard InChI is InChI=1S/C18H25NO5S/c1-11-18(5,14(20)9-23-11)19-15(21)13(8-17(2,3)4)24-16(22)12-6-7-25-10-12/h6-7,10-11,13H,8-9H2,1-5H3,(H,19,21). The van der Waals surface area contributed by atoms with Crippen molar-refractivity contribution in [3.05, 3.63) is 22.4 Å². The number of carbonyl (C=O) groups is 3. The molecule has 25 heavy (non-hydrogen) atoms. The summed E-state index contributed by atoms with van der Waals surface area (Å²) in [6, 6.07) is 1.65. The second-order valence-corrected chi connectivity index (χ2v) is 8.52. The molecule has 1 aromatic heterocycles. The van der Waals surface area contributed by atoms with Gasteiger partial charge >= 0.3 is 5.97 Å². The maximum atomic E-state index is 12.8. The van der Waals surface area contributed by atoms with Gasteiger partial charge in [0, 0.05) is 5.38 Å². The highest BCUT2D eigenvalue weighted by Gasteiger charge is 2.47. The Morgan fingerprint density at radius 2 is 2.16 bits per heavy atom. The summed E-state index contributed by atoms with van der Waals surface area (Å²) in [5.41, 5.74) is -0.932. The Bertz CT molecular complexity index is 649. The van der Waals surface area contributed by atoms with Crippen LogP contribution in [0.15, 0.2) is 16.8 Å². The molecule has 1 aromatic rings. The lowest BCUT2D eigenvalue weighted by molar-refractivity contribution is -0.136. The maximum Gasteiger partial charge on any atom is 0.339 e. The molecule has 138 valence electrons. The molecular formula is C18H25NO5S. The van der Waals surface area contributed by atoms with E-state index in [0.717, 1.165) is 0 Å². The Hall–Kier alpha value is -1.73. The molecule has 1 fully saturated rings. The summed E-state index contributed by atoms with van der Waals surface area (Å²) >= 11 is 1.38. The Kier molecular flexibility index (Phi) is 5.68. The molecule has 1 N–H and O–H groups in total. The molecule has 7 heteroatoms. The molecule has 2 heterocycles. The van der Waals surface area contributed by atoms with Crippen LogP contribution in [0.2, 0.25) is 0 Å². The van der Waals surface area contributed by atoms with E-state index in [4.69, 9.17) is 9.47 Å². The molecule has 2 rings (SSSR count). The second-order valence-electron chi connectivity index (χ2n) is 7.74. The lowest BCUT2D eigenvalue weighted by Gasteiger charge is -2.31. The third kappa shape index (κ3) is 4.67. The molecule has 3 unspecified atom stereocenters. The van der Waals surface area contributed by atoms with Gasteiger partial charge in [-0.1, -0.05) is 20.8 Å². The zero-order valence-electron chi connectivity index (χ0n) is 15.3. The molecule has 1 aliphatic heterocycles. The van der Waals surface area contributed by atoms with Gasteiger partial charge < -0.3 is 14.8 Å². The SMILES string of the molecule is CC1OCC(=O)C1(C)NC(=O)C(CC(C)(C)C)OC(=O)c1ccsc1. The van der Waals surface area contributed by atoms with Crippen molar-refractivity contribution in [1.82, 2.24) is 5.32 Å². The van der Waals surface area contributed by atoms with Crippen LogP contribution in [0.5, 0.6) is 0 Å². The van der Waals surface area contributed by atoms with Gasteiger partial charge in [-0.2, -0.15) is 11.3 Å². The highest BCUT2D eigenvalue weighted by molar-refractivity contribution is 7.08. The van der Waals surface area contributed by atoms with Crippen LogP contribution in [0.25, 0.3) is 0 Å². The van der Waals surface area contributed by atoms with Crippen molar-refractivity contribution in [2.45, 2.75) is 58.8 Å². The van der Waals surface area contributed by atoms with Crippen LogP contribution in [-0.2, 0) is 19.1 Å². The van der Waals surface area contributed by atoms with E-state index in [9.17, 15) is 14.4 Å². The zero-order chi connectivity index (χ0) is 18.8. The lowest BCUT2D eigenvalue weighted by Crippen LogP contribution is -2.58. The van der Waals surface area contributed by atoms with Gasteiger partial charge in [-0.3, -0.25) is 9.59 Å². The van der Waals surface area contributed by atoms with E-state index in [1.54, 1.807) is 30.7 Å². The monoisotopic (exact) mass is 367 g/mol. The molecule has 0 aromatic carbocycles. The first-order chi connectivity index (χ1) is 11.5. The predicted molar refractivity (Wildman–Crippen MR) is 94.6 cm³/mol. The van der Waals surface area contributed by atoms with Crippen molar-refractivity contribution in [1.29, 1.82) is 0 Å². The van der Waals surface area contributed by atoms with Crippen LogP contribution in [-0.4, -0.2) is 42.0 Å². The summed E-state index contributed by atoms with van der Waals surface area (Å²) in [6.45, 7) is 9.22. The molecule has 0 spiro atoms. The van der Waals surface area contributed by atoms with E-state index in [1.165, 1.54) is 11.3 Å². The Morgan fingerprint density at radius 3 is 2.64 bits per heavy atom. The van der Waals surface area contributed by atoms with Gasteiger partial charge in [0.2, 0.25) is 0 Å². The van der Waals surface area contributed by atoms with Gasteiger partial charge in [0.1, 0.15) is 12.1 Å². The van der Waals surface area contributed by atoms with Crippen molar-refractivity contribution >= 4 is 29.0 Å². The largest absolute Gasteiger partial charge is 0.449 e. The number of thiophene rings is 1. The number of rotatable bonds is 5. The summed E-state index contributed by atoms with van der Waals surface area (Å²) in [5, 5.41) is 6.18. The molecule has 1 amide bonds. The van der Waals surface area contributed by atoms with E-state index < -0.39 is 29.6 Å². The number of hydrogen-bond acceptors (Lipinski definition) is 6. The predicted octanol–water partition coefficient (Wildman–Crippen LogP) is 2.57. The fourth-order valence-corrected chi connectivity index (χ4v) is 3.20. The van der Waals surface area contributed by atoms with Crippen molar-refractivity contribution < 1.29 is 23.9 Å². The lowest BCUT2D eigenvalue weighted by atomic mass is 9.87. The number of ether oxygens (including phenoxy) is 2. The smallest absolute Gasteiger partial charge is 0.339 e. The summed E-state index contributed by atoms with van der Waals surface area (Å²) < 4.78 is 10.8. The van der Waals surface area contributed by atoms with Crippen molar-refractivity contribution in [3.63, 3.8) is 0 Å². The number of hydrogen-bond donors (Lipinski definition) is 1. The minimum absolute atomic E-state index is 0.0312. The fraction of sp³-hybridized carbons (Fsp3) is 0.611. The van der Waals surface area contributed by atoms with Gasteiger partial charge in [0.25, 0.3) is 5.91 Å². The Labute approximate surface area is 151 Å². The fourth-order valence-electron chi connectivity index (χ4n) is 2.57. The van der Waals surface area contributed by atoms with Crippen LogP contribution in [0, 0.1) is 5.41 Å². The van der Waals surface area contributed by atoms with Crippen LogP contribution >= 0.6 is 11.3 Å². The van der Waals surface area contributed by atoms with Gasteiger partial charge in [0.05, 0.1) is 11.7 Å². The van der Waals surface area contributed by atoms with Crippen molar-refractivity contribution in [3.8, 4) is 0 Å². The van der Waals surface area contributed by atoms with Crippen LogP contribution < -0.4 is 5.32 Å². The number of nitrogens with one attached hydrogen (secondary N) is 1. The molecule has 0 radical (unpaired) electrons. The number of amides is 1. The Morgan fingerprint density at radius 1 is 1.48 bits per heavy atom. The summed E-state index contributed by atoms with van der Waals surface area (Å²) in [6.07, 6.45) is -1.08. The quantitative estimate of drug-likeness (QED) is 0.809. The van der Waals surface area contributed by atoms with Crippen molar-refractivity contribution in [2.24, 2.45) is 5.41 Å². The molecular weight excluding hydrogens is 342 g/mol. The first-order valence-corrected chi connectivity index (χ1v) is 9.17. The zero-order valence-corrected chi connectivity index (χ0v) is 16.1. The second kappa shape index (κ2) is 7.25. The number of Topliss-reactive ketones (excluding diaryl/α,β-unsaturated/α-hetero) is 1. The molecule has 0 aliphatic carbocycles. The number of esters is 1. The molecule has 0 bridgehead atoms. The third-order valence-electron chi connectivity index (χ3n) is 4.34. The van der Waals surface area contributed by atoms with Gasteiger partial charge in [-0.15, -0.1) is 0 Å². The molecule has 1 saturated heterocycles. The van der Waals surface area contributed by atoms with E-state index in [0.29, 0.717) is 12.0 Å². The molecule has 0 saturated carbocycles. The molecule has 1 aliphatic rings. The van der Waals surface area contributed by atoms with E-state index in [-0.39, 0.29) is 17.8 Å². The topological polar surface area (TPSA) is 81.7 Å². The summed E-state index contributed by atoms with van der Waals surface area (Å²) in [5.74, 6) is -1.21. The normalized spacial score (nSPS) is 24.8. The molecule has 3 atom stereocenters. The average molecular weight is 367 g/mol. The highest BCUT2D eigenvalue weighted by atomic mass is 32.1. The maximum absolute atomic E-state index is 12.8.